The van der Waals surface area contributed by atoms with Gasteiger partial charge in [0.1, 0.15) is 17.9 Å². The summed E-state index contributed by atoms with van der Waals surface area (Å²) in [6.07, 6.45) is 4.83. The maximum atomic E-state index is 13.6. The first-order chi connectivity index (χ1) is 15.9. The molecule has 1 aliphatic rings. The van der Waals surface area contributed by atoms with Crippen LogP contribution in [0.3, 0.4) is 0 Å². The highest BCUT2D eigenvalue weighted by Gasteiger charge is 2.43. The maximum Gasteiger partial charge on any atom is 0.337 e. The molecule has 0 heterocycles. The first kappa shape index (κ1) is 25.1. The molecule has 0 spiro atoms. The van der Waals surface area contributed by atoms with Crippen LogP contribution in [0.4, 0.5) is 0 Å². The molecular formula is C26H33ClN2O4. The Balaban J connectivity index is 1.64. The summed E-state index contributed by atoms with van der Waals surface area (Å²) in [6.45, 7) is 3.06. The maximum absolute atomic E-state index is 13.6. The second kappa shape index (κ2) is 11.5. The van der Waals surface area contributed by atoms with Crippen LogP contribution in [-0.2, 0) is 9.53 Å². The SMILES string of the molecule is COC(=O)c1ccc([C@H](C)NC(=O)C2(N(C)CCOc3cccc(Cl)c3)CCCCC2)cc1. The van der Waals surface area contributed by atoms with Gasteiger partial charge in [0.05, 0.1) is 18.7 Å². The van der Waals surface area contributed by atoms with E-state index in [1.54, 1.807) is 18.2 Å². The molecule has 1 saturated carbocycles. The van der Waals surface area contributed by atoms with E-state index in [1.807, 2.05) is 44.3 Å². The summed E-state index contributed by atoms with van der Waals surface area (Å²) >= 11 is 6.04. The molecule has 2 aromatic rings. The number of likely N-dealkylation sites (N-methyl/N-ethyl adjacent to an activating group) is 1. The number of rotatable bonds is 9. The number of halogens is 1. The number of hydrogen-bond donors (Lipinski definition) is 1. The smallest absolute Gasteiger partial charge is 0.337 e. The van der Waals surface area contributed by atoms with Crippen molar-refractivity contribution in [2.45, 2.75) is 50.6 Å². The van der Waals surface area contributed by atoms with Gasteiger partial charge in [-0.2, -0.15) is 0 Å². The minimum atomic E-state index is -0.559. The Hall–Kier alpha value is -2.57. The van der Waals surface area contributed by atoms with E-state index in [0.29, 0.717) is 23.7 Å². The largest absolute Gasteiger partial charge is 0.492 e. The average Bonchev–Trinajstić information content (AvgIpc) is 2.84. The fourth-order valence-electron chi connectivity index (χ4n) is 4.43. The van der Waals surface area contributed by atoms with Crippen molar-refractivity contribution in [1.29, 1.82) is 0 Å². The van der Waals surface area contributed by atoms with Crippen LogP contribution in [0.2, 0.25) is 5.02 Å². The second-order valence-corrected chi connectivity index (χ2v) is 9.06. The molecule has 178 valence electrons. The number of amides is 1. The molecule has 6 nitrogen and oxygen atoms in total. The van der Waals surface area contributed by atoms with E-state index in [9.17, 15) is 9.59 Å². The van der Waals surface area contributed by atoms with Crippen LogP contribution in [0.5, 0.6) is 5.75 Å². The fraction of sp³-hybridized carbons (Fsp3) is 0.462. The first-order valence-electron chi connectivity index (χ1n) is 11.4. The third kappa shape index (κ3) is 6.27. The van der Waals surface area contributed by atoms with Gasteiger partial charge in [0.25, 0.3) is 0 Å². The molecule has 2 aromatic carbocycles. The summed E-state index contributed by atoms with van der Waals surface area (Å²) in [5.74, 6) is 0.389. The molecule has 0 aliphatic heterocycles. The fourth-order valence-corrected chi connectivity index (χ4v) is 4.61. The van der Waals surface area contributed by atoms with Gasteiger partial charge in [-0.15, -0.1) is 0 Å². The van der Waals surface area contributed by atoms with Crippen molar-refractivity contribution in [3.63, 3.8) is 0 Å². The number of carbonyl (C=O) groups excluding carboxylic acids is 2. The van der Waals surface area contributed by atoms with E-state index in [0.717, 1.165) is 43.4 Å². The van der Waals surface area contributed by atoms with Gasteiger partial charge in [0.2, 0.25) is 5.91 Å². The van der Waals surface area contributed by atoms with E-state index >= 15 is 0 Å². The molecule has 0 aromatic heterocycles. The van der Waals surface area contributed by atoms with Gasteiger partial charge < -0.3 is 14.8 Å². The summed E-state index contributed by atoms with van der Waals surface area (Å²) in [4.78, 5) is 27.4. The van der Waals surface area contributed by atoms with E-state index in [-0.39, 0.29) is 17.9 Å². The zero-order valence-electron chi connectivity index (χ0n) is 19.6. The number of methoxy groups -OCH3 is 1. The number of benzene rings is 2. The Morgan fingerprint density at radius 3 is 2.45 bits per heavy atom. The van der Waals surface area contributed by atoms with E-state index < -0.39 is 5.54 Å². The molecule has 1 aliphatic carbocycles. The van der Waals surface area contributed by atoms with Crippen molar-refractivity contribution < 1.29 is 19.1 Å². The highest BCUT2D eigenvalue weighted by atomic mass is 35.5. The van der Waals surface area contributed by atoms with Crippen LogP contribution >= 0.6 is 11.6 Å². The summed E-state index contributed by atoms with van der Waals surface area (Å²) < 4.78 is 10.6. The number of hydrogen-bond acceptors (Lipinski definition) is 5. The first-order valence-corrected chi connectivity index (χ1v) is 11.8. The minimum absolute atomic E-state index is 0.0389. The lowest BCUT2D eigenvalue weighted by Crippen LogP contribution is -2.59. The summed E-state index contributed by atoms with van der Waals surface area (Å²) in [7, 11) is 3.36. The molecule has 0 bridgehead atoms. The molecule has 0 saturated heterocycles. The Bertz CT molecular complexity index is 942. The zero-order chi connectivity index (χ0) is 23.8. The van der Waals surface area contributed by atoms with Crippen molar-refractivity contribution in [3.8, 4) is 5.75 Å². The van der Waals surface area contributed by atoms with Crippen LogP contribution in [0.1, 0.15) is 61.0 Å². The molecule has 1 amide bonds. The van der Waals surface area contributed by atoms with Gasteiger partial charge in [-0.3, -0.25) is 9.69 Å². The molecule has 1 atom stereocenters. The standard InChI is InChI=1S/C26H33ClN2O4/c1-19(20-10-12-21(13-11-20)24(30)32-3)28-25(31)26(14-5-4-6-15-26)29(2)16-17-33-23-9-7-8-22(27)18-23/h7-13,18-19H,4-6,14-17H2,1-3H3,(H,28,31)/t19-/m0/s1. The molecular weight excluding hydrogens is 440 g/mol. The molecule has 33 heavy (non-hydrogen) atoms. The topological polar surface area (TPSA) is 67.9 Å². The Kier molecular flexibility index (Phi) is 8.75. The Morgan fingerprint density at radius 1 is 1.12 bits per heavy atom. The van der Waals surface area contributed by atoms with Crippen molar-refractivity contribution in [1.82, 2.24) is 10.2 Å². The van der Waals surface area contributed by atoms with Crippen LogP contribution < -0.4 is 10.1 Å². The second-order valence-electron chi connectivity index (χ2n) is 8.63. The molecule has 7 heteroatoms. The zero-order valence-corrected chi connectivity index (χ0v) is 20.4. The lowest BCUT2D eigenvalue weighted by Gasteiger charge is -2.43. The number of carbonyl (C=O) groups is 2. The van der Waals surface area contributed by atoms with Gasteiger partial charge in [-0.1, -0.05) is 49.1 Å². The quantitative estimate of drug-likeness (QED) is 0.519. The van der Waals surface area contributed by atoms with E-state index in [1.165, 1.54) is 7.11 Å². The monoisotopic (exact) mass is 472 g/mol. The van der Waals surface area contributed by atoms with Crippen molar-refractivity contribution in [2.24, 2.45) is 0 Å². The summed E-state index contributed by atoms with van der Waals surface area (Å²) in [5.41, 5.74) is 0.868. The van der Waals surface area contributed by atoms with Crippen LogP contribution in [0.15, 0.2) is 48.5 Å². The van der Waals surface area contributed by atoms with Crippen molar-refractivity contribution in [2.75, 3.05) is 27.3 Å². The van der Waals surface area contributed by atoms with Gasteiger partial charge in [-0.25, -0.2) is 4.79 Å². The number of ether oxygens (including phenoxy) is 2. The Labute approximate surface area is 201 Å². The lowest BCUT2D eigenvalue weighted by molar-refractivity contribution is -0.136. The lowest BCUT2D eigenvalue weighted by atomic mass is 9.79. The molecule has 1 fully saturated rings. The van der Waals surface area contributed by atoms with Gasteiger partial charge >= 0.3 is 5.97 Å². The molecule has 3 rings (SSSR count). The summed E-state index contributed by atoms with van der Waals surface area (Å²) in [5, 5.41) is 3.85. The van der Waals surface area contributed by atoms with Crippen molar-refractivity contribution >= 4 is 23.5 Å². The third-order valence-corrected chi connectivity index (χ3v) is 6.74. The van der Waals surface area contributed by atoms with Gasteiger partial charge in [0, 0.05) is 11.6 Å². The number of nitrogens with zero attached hydrogens (tertiary/aromatic N) is 1. The van der Waals surface area contributed by atoms with Crippen molar-refractivity contribution in [3.05, 3.63) is 64.7 Å². The normalized spacial score (nSPS) is 16.2. The van der Waals surface area contributed by atoms with E-state index in [4.69, 9.17) is 21.1 Å². The van der Waals surface area contributed by atoms with Crippen LogP contribution in [-0.4, -0.2) is 49.6 Å². The molecule has 0 radical (unpaired) electrons. The van der Waals surface area contributed by atoms with Crippen LogP contribution in [0.25, 0.3) is 0 Å². The molecule has 1 N–H and O–H groups in total. The summed E-state index contributed by atoms with van der Waals surface area (Å²) in [6, 6.07) is 14.3. The highest BCUT2D eigenvalue weighted by Crippen LogP contribution is 2.34. The Morgan fingerprint density at radius 2 is 1.82 bits per heavy atom. The van der Waals surface area contributed by atoms with E-state index in [2.05, 4.69) is 10.2 Å². The number of esters is 1. The van der Waals surface area contributed by atoms with Crippen LogP contribution in [0, 0.1) is 0 Å². The predicted octanol–water partition coefficient (Wildman–Crippen LogP) is 5.02. The molecule has 0 unspecified atom stereocenters. The van der Waals surface area contributed by atoms with Gasteiger partial charge in [-0.05, 0) is 62.7 Å². The third-order valence-electron chi connectivity index (χ3n) is 6.50. The predicted molar refractivity (Wildman–Crippen MR) is 130 cm³/mol. The minimum Gasteiger partial charge on any atom is -0.492 e. The number of nitrogens with one attached hydrogen (secondary N) is 1. The van der Waals surface area contributed by atoms with Gasteiger partial charge in [0.15, 0.2) is 0 Å². The average molecular weight is 473 g/mol. The highest BCUT2D eigenvalue weighted by molar-refractivity contribution is 6.30.